The van der Waals surface area contributed by atoms with Crippen LogP contribution in [0.1, 0.15) is 47.5 Å². The summed E-state index contributed by atoms with van der Waals surface area (Å²) < 4.78 is 10.00. The van der Waals surface area contributed by atoms with Gasteiger partial charge in [-0.3, -0.25) is 0 Å². The van der Waals surface area contributed by atoms with Crippen LogP contribution in [0.5, 0.6) is 0 Å². The molecule has 76 valence electrons. The quantitative estimate of drug-likeness (QED) is 0.692. The first-order chi connectivity index (χ1) is 6.74. The van der Waals surface area contributed by atoms with E-state index in [4.69, 9.17) is 9.26 Å². The van der Waals surface area contributed by atoms with Gasteiger partial charge in [0.1, 0.15) is 5.76 Å². The van der Waals surface area contributed by atoms with Gasteiger partial charge in [-0.25, -0.2) is 4.79 Å². The molecule has 0 spiro atoms. The molecular formula is C10H13NO3. The third kappa shape index (κ3) is 1.52. The van der Waals surface area contributed by atoms with Crippen LogP contribution in [0.2, 0.25) is 0 Å². The zero-order valence-corrected chi connectivity index (χ0v) is 8.37. The van der Waals surface area contributed by atoms with Crippen molar-refractivity contribution in [3.8, 4) is 0 Å². The van der Waals surface area contributed by atoms with E-state index in [2.05, 4.69) is 5.16 Å². The van der Waals surface area contributed by atoms with Gasteiger partial charge >= 0.3 is 5.97 Å². The summed E-state index contributed by atoms with van der Waals surface area (Å²) in [5.74, 6) is 0.944. The molecule has 0 bridgehead atoms. The summed E-state index contributed by atoms with van der Waals surface area (Å²) in [7, 11) is 0. The van der Waals surface area contributed by atoms with Crippen LogP contribution in [0.3, 0.4) is 0 Å². The van der Waals surface area contributed by atoms with E-state index in [1.54, 1.807) is 6.92 Å². The molecule has 0 unspecified atom stereocenters. The van der Waals surface area contributed by atoms with Gasteiger partial charge in [-0.1, -0.05) is 5.16 Å². The molecule has 1 heterocycles. The van der Waals surface area contributed by atoms with Gasteiger partial charge in [-0.2, -0.15) is 0 Å². The fourth-order valence-electron chi connectivity index (χ4n) is 1.46. The number of esters is 1. The highest BCUT2D eigenvalue weighted by atomic mass is 16.5. The first kappa shape index (κ1) is 9.24. The topological polar surface area (TPSA) is 52.3 Å². The van der Waals surface area contributed by atoms with Crippen molar-refractivity contribution < 1.29 is 14.1 Å². The number of rotatable bonds is 3. The van der Waals surface area contributed by atoms with Crippen molar-refractivity contribution in [3.63, 3.8) is 0 Å². The molecule has 2 rings (SSSR count). The Morgan fingerprint density at radius 1 is 1.64 bits per heavy atom. The predicted octanol–water partition coefficient (Wildman–Crippen LogP) is 2.04. The van der Waals surface area contributed by atoms with Gasteiger partial charge in [0.15, 0.2) is 5.69 Å². The molecular weight excluding hydrogens is 182 g/mol. The van der Waals surface area contributed by atoms with Crippen LogP contribution in [0.15, 0.2) is 4.52 Å². The highest BCUT2D eigenvalue weighted by Crippen LogP contribution is 2.42. The van der Waals surface area contributed by atoms with Crippen molar-refractivity contribution in [2.45, 2.75) is 32.6 Å². The van der Waals surface area contributed by atoms with E-state index in [0.717, 1.165) is 24.2 Å². The van der Waals surface area contributed by atoms with Gasteiger partial charge in [0.2, 0.25) is 0 Å². The normalized spacial score (nSPS) is 15.6. The Hall–Kier alpha value is -1.32. The van der Waals surface area contributed by atoms with Gasteiger partial charge in [0, 0.05) is 11.5 Å². The second kappa shape index (κ2) is 3.44. The van der Waals surface area contributed by atoms with Gasteiger partial charge < -0.3 is 9.26 Å². The molecule has 0 N–H and O–H groups in total. The molecule has 1 aliphatic carbocycles. The molecule has 0 saturated heterocycles. The Morgan fingerprint density at radius 2 is 2.36 bits per heavy atom. The maximum Gasteiger partial charge on any atom is 0.360 e. The number of nitrogens with zero attached hydrogens (tertiary/aromatic N) is 1. The van der Waals surface area contributed by atoms with E-state index in [1.165, 1.54) is 0 Å². The minimum absolute atomic E-state index is 0.328. The van der Waals surface area contributed by atoms with Crippen molar-refractivity contribution in [1.29, 1.82) is 0 Å². The average Bonchev–Trinajstić information content (AvgIpc) is 2.91. The maximum atomic E-state index is 11.4. The van der Waals surface area contributed by atoms with Crippen LogP contribution >= 0.6 is 0 Å². The Kier molecular flexibility index (Phi) is 2.27. The van der Waals surface area contributed by atoms with Crippen LogP contribution < -0.4 is 0 Å². The first-order valence-electron chi connectivity index (χ1n) is 4.87. The summed E-state index contributed by atoms with van der Waals surface area (Å²) in [6.07, 6.45) is 2.27. The van der Waals surface area contributed by atoms with Crippen molar-refractivity contribution in [1.82, 2.24) is 5.16 Å². The molecule has 0 aromatic carbocycles. The minimum Gasteiger partial charge on any atom is -0.461 e. The van der Waals surface area contributed by atoms with Crippen molar-refractivity contribution in [2.75, 3.05) is 6.61 Å². The molecule has 4 nitrogen and oxygen atoms in total. The second-order valence-corrected chi connectivity index (χ2v) is 3.52. The van der Waals surface area contributed by atoms with E-state index in [-0.39, 0.29) is 5.97 Å². The van der Waals surface area contributed by atoms with E-state index in [0.29, 0.717) is 18.2 Å². The Bertz CT molecular complexity index is 352. The monoisotopic (exact) mass is 195 g/mol. The lowest BCUT2D eigenvalue weighted by Crippen LogP contribution is -2.06. The second-order valence-electron chi connectivity index (χ2n) is 3.52. The molecule has 0 aliphatic heterocycles. The lowest BCUT2D eigenvalue weighted by Gasteiger charge is -1.97. The molecule has 1 aliphatic rings. The molecule has 0 radical (unpaired) electrons. The Labute approximate surface area is 82.2 Å². The van der Waals surface area contributed by atoms with Gasteiger partial charge in [0.25, 0.3) is 0 Å². The largest absolute Gasteiger partial charge is 0.461 e. The fraction of sp³-hybridized carbons (Fsp3) is 0.600. The number of aromatic nitrogens is 1. The minimum atomic E-state index is -0.388. The lowest BCUT2D eigenvalue weighted by molar-refractivity contribution is 0.0514. The van der Waals surface area contributed by atoms with E-state index in [9.17, 15) is 4.79 Å². The average molecular weight is 195 g/mol. The third-order valence-corrected chi connectivity index (χ3v) is 2.38. The van der Waals surface area contributed by atoms with Crippen LogP contribution in [0, 0.1) is 6.92 Å². The fourth-order valence-corrected chi connectivity index (χ4v) is 1.46. The van der Waals surface area contributed by atoms with Crippen LogP contribution in [-0.2, 0) is 4.74 Å². The highest BCUT2D eigenvalue weighted by Gasteiger charge is 2.32. The standard InChI is InChI=1S/C10H13NO3/c1-3-13-10(12)8-6(2)9(14-11-8)7-4-5-7/h7H,3-5H2,1-2H3. The highest BCUT2D eigenvalue weighted by molar-refractivity contribution is 5.88. The Morgan fingerprint density at radius 3 is 2.93 bits per heavy atom. The summed E-state index contributed by atoms with van der Waals surface area (Å²) in [5, 5.41) is 3.75. The van der Waals surface area contributed by atoms with Crippen LogP contribution in [0.4, 0.5) is 0 Å². The Balaban J connectivity index is 2.21. The molecule has 1 aromatic heterocycles. The number of hydrogen-bond acceptors (Lipinski definition) is 4. The van der Waals surface area contributed by atoms with E-state index >= 15 is 0 Å². The summed E-state index contributed by atoms with van der Waals surface area (Å²) in [6, 6.07) is 0. The summed E-state index contributed by atoms with van der Waals surface area (Å²) in [6.45, 7) is 4.00. The van der Waals surface area contributed by atoms with Crippen LogP contribution in [0.25, 0.3) is 0 Å². The number of hydrogen-bond donors (Lipinski definition) is 0. The molecule has 1 saturated carbocycles. The molecule has 1 fully saturated rings. The molecule has 14 heavy (non-hydrogen) atoms. The maximum absolute atomic E-state index is 11.4. The van der Waals surface area contributed by atoms with Crippen LogP contribution in [-0.4, -0.2) is 17.7 Å². The third-order valence-electron chi connectivity index (χ3n) is 2.38. The van der Waals surface area contributed by atoms with Crippen molar-refractivity contribution in [2.24, 2.45) is 0 Å². The van der Waals surface area contributed by atoms with Gasteiger partial charge in [-0.15, -0.1) is 0 Å². The van der Waals surface area contributed by atoms with Crippen molar-refractivity contribution in [3.05, 3.63) is 17.0 Å². The molecule has 4 heteroatoms. The number of ether oxygens (including phenoxy) is 1. The summed E-state index contributed by atoms with van der Waals surface area (Å²) in [5.41, 5.74) is 1.17. The van der Waals surface area contributed by atoms with Gasteiger partial charge in [-0.05, 0) is 26.7 Å². The number of carbonyl (C=O) groups is 1. The van der Waals surface area contributed by atoms with E-state index < -0.39 is 0 Å². The first-order valence-corrected chi connectivity index (χ1v) is 4.87. The molecule has 1 aromatic rings. The van der Waals surface area contributed by atoms with Crippen molar-refractivity contribution >= 4 is 5.97 Å². The predicted molar refractivity (Wildman–Crippen MR) is 49.2 cm³/mol. The zero-order valence-electron chi connectivity index (χ0n) is 8.37. The molecule has 0 atom stereocenters. The summed E-state index contributed by atoms with van der Waals surface area (Å²) >= 11 is 0. The lowest BCUT2D eigenvalue weighted by atomic mass is 10.1. The SMILES string of the molecule is CCOC(=O)c1noc(C2CC2)c1C. The van der Waals surface area contributed by atoms with Gasteiger partial charge in [0.05, 0.1) is 6.61 Å². The molecule has 0 amide bonds. The number of carbonyl (C=O) groups excluding carboxylic acids is 1. The smallest absolute Gasteiger partial charge is 0.360 e. The summed E-state index contributed by atoms with van der Waals surface area (Å²) in [4.78, 5) is 11.4. The van der Waals surface area contributed by atoms with E-state index in [1.807, 2.05) is 6.92 Å². The zero-order chi connectivity index (χ0) is 10.1.